The Hall–Kier alpha value is -5.12. The molecule has 0 spiro atoms. The summed E-state index contributed by atoms with van der Waals surface area (Å²) >= 11 is 0. The number of nitro groups is 1. The molecule has 3 aromatic rings. The summed E-state index contributed by atoms with van der Waals surface area (Å²) in [5.41, 5.74) is 3.57. The highest BCUT2D eigenvalue weighted by Crippen LogP contribution is 2.30. The number of nitrogens with zero attached hydrogens (tertiary/aromatic N) is 2. The van der Waals surface area contributed by atoms with Crippen LogP contribution in [-0.4, -0.2) is 28.9 Å². The molecule has 188 valence electrons. The zero-order valence-electron chi connectivity index (χ0n) is 20.1. The number of hydrazone groups is 1. The van der Waals surface area contributed by atoms with Crippen LogP contribution >= 0.6 is 0 Å². The van der Waals surface area contributed by atoms with Crippen LogP contribution in [0.15, 0.2) is 84.0 Å². The molecule has 0 saturated heterocycles. The van der Waals surface area contributed by atoms with Gasteiger partial charge in [0.25, 0.3) is 5.91 Å². The molecule has 0 aromatic heterocycles. The van der Waals surface area contributed by atoms with Crippen LogP contribution in [0.4, 0.5) is 11.4 Å². The lowest BCUT2D eigenvalue weighted by Crippen LogP contribution is -2.19. The van der Waals surface area contributed by atoms with Gasteiger partial charge in [0.2, 0.25) is 11.7 Å². The first-order valence-electron chi connectivity index (χ1n) is 11.2. The molecule has 0 aliphatic carbocycles. The maximum absolute atomic E-state index is 12.4. The van der Waals surface area contributed by atoms with E-state index in [1.54, 1.807) is 50.2 Å². The molecule has 0 saturated carbocycles. The van der Waals surface area contributed by atoms with Crippen LogP contribution in [0.25, 0.3) is 6.08 Å². The number of hydrogen-bond donors (Lipinski definition) is 2. The first kappa shape index (κ1) is 26.5. The van der Waals surface area contributed by atoms with Crippen LogP contribution in [0.5, 0.6) is 5.75 Å². The van der Waals surface area contributed by atoms with E-state index < -0.39 is 22.5 Å². The van der Waals surface area contributed by atoms with E-state index in [4.69, 9.17) is 4.74 Å². The monoisotopic (exact) mass is 500 g/mol. The molecule has 3 aromatic carbocycles. The number of ether oxygens (including phenoxy) is 1. The summed E-state index contributed by atoms with van der Waals surface area (Å²) in [4.78, 5) is 47.3. The molecule has 37 heavy (non-hydrogen) atoms. The van der Waals surface area contributed by atoms with Gasteiger partial charge in [-0.25, -0.2) is 10.2 Å². The Morgan fingerprint density at radius 2 is 1.68 bits per heavy atom. The van der Waals surface area contributed by atoms with Crippen LogP contribution in [0.1, 0.15) is 35.3 Å². The number of nitrogens with one attached hydrogen (secondary N) is 2. The van der Waals surface area contributed by atoms with E-state index in [1.165, 1.54) is 36.4 Å². The van der Waals surface area contributed by atoms with Gasteiger partial charge in [-0.3, -0.25) is 19.7 Å². The van der Waals surface area contributed by atoms with E-state index in [9.17, 15) is 24.5 Å². The average molecular weight is 501 g/mol. The third-order valence-corrected chi connectivity index (χ3v) is 4.94. The SMILES string of the molecule is CC(C)C(=O)Nc1ccc(C(=O)N/N=C/c2cccc([N+](=O)[O-])c2OC(=O)/C=C/c2ccccc2)cc1. The molecule has 3 rings (SSSR count). The molecule has 0 fully saturated rings. The van der Waals surface area contributed by atoms with Crippen LogP contribution in [0.3, 0.4) is 0 Å². The van der Waals surface area contributed by atoms with Crippen molar-refractivity contribution in [3.8, 4) is 5.75 Å². The molecule has 10 heteroatoms. The third kappa shape index (κ3) is 7.69. The number of nitro benzene ring substituents is 1. The van der Waals surface area contributed by atoms with E-state index in [2.05, 4.69) is 15.8 Å². The Kier molecular flexibility index (Phi) is 8.98. The number of carbonyl (C=O) groups is 3. The number of benzene rings is 3. The summed E-state index contributed by atoms with van der Waals surface area (Å²) in [5.74, 6) is -2.01. The van der Waals surface area contributed by atoms with E-state index >= 15 is 0 Å². The first-order chi connectivity index (χ1) is 17.7. The predicted octanol–water partition coefficient (Wildman–Crippen LogP) is 4.57. The highest BCUT2D eigenvalue weighted by Gasteiger charge is 2.20. The second-order valence-corrected chi connectivity index (χ2v) is 8.04. The van der Waals surface area contributed by atoms with E-state index in [0.29, 0.717) is 5.69 Å². The van der Waals surface area contributed by atoms with Gasteiger partial charge in [-0.15, -0.1) is 0 Å². The van der Waals surface area contributed by atoms with Gasteiger partial charge in [-0.2, -0.15) is 5.10 Å². The van der Waals surface area contributed by atoms with Gasteiger partial charge in [0.1, 0.15) is 0 Å². The van der Waals surface area contributed by atoms with Gasteiger partial charge < -0.3 is 10.1 Å². The van der Waals surface area contributed by atoms with Gasteiger partial charge in [-0.05, 0) is 42.0 Å². The topological polar surface area (TPSA) is 140 Å². The second kappa shape index (κ2) is 12.5. The number of hydrogen-bond acceptors (Lipinski definition) is 7. The van der Waals surface area contributed by atoms with E-state index in [0.717, 1.165) is 17.9 Å². The van der Waals surface area contributed by atoms with Crippen molar-refractivity contribution in [3.05, 3.63) is 106 Å². The Morgan fingerprint density at radius 3 is 2.32 bits per heavy atom. The van der Waals surface area contributed by atoms with Crippen molar-refractivity contribution in [2.45, 2.75) is 13.8 Å². The molecular formula is C27H24N4O6. The minimum atomic E-state index is -0.818. The Balaban J connectivity index is 1.71. The van der Waals surface area contributed by atoms with Gasteiger partial charge in [0.05, 0.1) is 11.1 Å². The highest BCUT2D eigenvalue weighted by atomic mass is 16.6. The summed E-state index contributed by atoms with van der Waals surface area (Å²) in [5, 5.41) is 18.1. The number of esters is 1. The molecule has 2 amide bonds. The first-order valence-corrected chi connectivity index (χ1v) is 11.2. The number of carbonyl (C=O) groups excluding carboxylic acids is 3. The fraction of sp³-hybridized carbons (Fsp3) is 0.111. The number of anilines is 1. The minimum Gasteiger partial charge on any atom is -0.415 e. The van der Waals surface area contributed by atoms with Crippen molar-refractivity contribution in [1.82, 2.24) is 5.43 Å². The Morgan fingerprint density at radius 1 is 0.973 bits per heavy atom. The maximum atomic E-state index is 12.4. The smallest absolute Gasteiger partial charge is 0.336 e. The van der Waals surface area contributed by atoms with Gasteiger partial charge in [0.15, 0.2) is 0 Å². The van der Waals surface area contributed by atoms with Crippen molar-refractivity contribution >= 4 is 41.4 Å². The zero-order valence-corrected chi connectivity index (χ0v) is 20.1. The van der Waals surface area contributed by atoms with Crippen molar-refractivity contribution < 1.29 is 24.0 Å². The number of amides is 2. The van der Waals surface area contributed by atoms with Crippen molar-refractivity contribution in [2.24, 2.45) is 11.0 Å². The number of rotatable bonds is 9. The molecule has 10 nitrogen and oxygen atoms in total. The average Bonchev–Trinajstić information content (AvgIpc) is 2.89. The Bertz CT molecular complexity index is 1350. The van der Waals surface area contributed by atoms with Gasteiger partial charge in [-0.1, -0.05) is 50.2 Å². The standard InChI is InChI=1S/C27H24N4O6/c1-18(2)26(33)29-22-14-12-20(13-15-22)27(34)30-28-17-21-9-6-10-23(31(35)36)25(21)37-24(32)16-11-19-7-4-3-5-8-19/h3-18H,1-2H3,(H,29,33)(H,30,34)/b16-11+,28-17+. The minimum absolute atomic E-state index is 0.114. The quantitative estimate of drug-likeness (QED) is 0.110. The summed E-state index contributed by atoms with van der Waals surface area (Å²) in [6, 6.07) is 19.2. The number of para-hydroxylation sites is 1. The fourth-order valence-electron chi connectivity index (χ4n) is 2.98. The molecule has 0 unspecified atom stereocenters. The lowest BCUT2D eigenvalue weighted by molar-refractivity contribution is -0.385. The molecule has 0 heterocycles. The largest absolute Gasteiger partial charge is 0.415 e. The van der Waals surface area contributed by atoms with E-state index in [-0.39, 0.29) is 28.7 Å². The molecule has 0 atom stereocenters. The third-order valence-electron chi connectivity index (χ3n) is 4.94. The molecular weight excluding hydrogens is 476 g/mol. The molecule has 0 aliphatic heterocycles. The molecule has 0 bridgehead atoms. The summed E-state index contributed by atoms with van der Waals surface area (Å²) in [6.07, 6.45) is 3.82. The summed E-state index contributed by atoms with van der Waals surface area (Å²) in [6.45, 7) is 3.54. The predicted molar refractivity (Wildman–Crippen MR) is 139 cm³/mol. The lowest BCUT2D eigenvalue weighted by atomic mass is 10.1. The Labute approximate surface area is 212 Å². The van der Waals surface area contributed by atoms with Crippen molar-refractivity contribution in [3.63, 3.8) is 0 Å². The van der Waals surface area contributed by atoms with Crippen molar-refractivity contribution in [2.75, 3.05) is 5.32 Å². The highest BCUT2D eigenvalue weighted by molar-refractivity contribution is 5.97. The van der Waals surface area contributed by atoms with Gasteiger partial charge in [0, 0.05) is 34.9 Å². The maximum Gasteiger partial charge on any atom is 0.336 e. The van der Waals surface area contributed by atoms with E-state index in [1.807, 2.05) is 6.07 Å². The normalized spacial score (nSPS) is 11.0. The van der Waals surface area contributed by atoms with Crippen molar-refractivity contribution in [1.29, 1.82) is 0 Å². The molecule has 0 aliphatic rings. The molecule has 0 radical (unpaired) electrons. The molecule has 2 N–H and O–H groups in total. The van der Waals surface area contributed by atoms with Crippen LogP contribution in [0.2, 0.25) is 0 Å². The summed E-state index contributed by atoms with van der Waals surface area (Å²) < 4.78 is 5.26. The lowest BCUT2D eigenvalue weighted by Gasteiger charge is -2.08. The van der Waals surface area contributed by atoms with Crippen LogP contribution in [0, 0.1) is 16.0 Å². The van der Waals surface area contributed by atoms with Crippen LogP contribution in [-0.2, 0) is 9.59 Å². The fourth-order valence-corrected chi connectivity index (χ4v) is 2.98. The second-order valence-electron chi connectivity index (χ2n) is 8.04. The van der Waals surface area contributed by atoms with Gasteiger partial charge >= 0.3 is 11.7 Å². The summed E-state index contributed by atoms with van der Waals surface area (Å²) in [7, 11) is 0. The van der Waals surface area contributed by atoms with Crippen LogP contribution < -0.4 is 15.5 Å². The zero-order chi connectivity index (χ0) is 26.8.